The first kappa shape index (κ1) is 11.2. The fourth-order valence-electron chi connectivity index (χ4n) is 2.46. The molecule has 0 fully saturated rings. The number of methoxy groups -OCH3 is 1. The van der Waals surface area contributed by atoms with Crippen molar-refractivity contribution in [2.75, 3.05) is 13.7 Å². The van der Waals surface area contributed by atoms with Gasteiger partial charge in [0.05, 0.1) is 6.61 Å². The number of hydrogen-bond acceptors (Lipinski definition) is 1. The molecule has 0 saturated heterocycles. The molecule has 0 amide bonds. The molecule has 0 aromatic heterocycles. The molecule has 0 bridgehead atoms. The third-order valence-corrected chi connectivity index (χ3v) is 3.41. The van der Waals surface area contributed by atoms with Crippen LogP contribution in [0, 0.1) is 0 Å². The summed E-state index contributed by atoms with van der Waals surface area (Å²) in [5.41, 5.74) is 1.36. The maximum Gasteiger partial charge on any atom is 0.0502 e. The molecule has 0 aliphatic rings. The molecule has 0 unspecified atom stereocenters. The van der Waals surface area contributed by atoms with Gasteiger partial charge in [0.1, 0.15) is 0 Å². The van der Waals surface area contributed by atoms with Gasteiger partial charge in [-0.05, 0) is 45.7 Å². The molecule has 0 aliphatic heterocycles. The Kier molecular flexibility index (Phi) is 2.99. The lowest BCUT2D eigenvalue weighted by Gasteiger charge is -2.08. The zero-order valence-corrected chi connectivity index (χ0v) is 10.5. The molecule has 0 N–H and O–H groups in total. The molecule has 0 heterocycles. The van der Waals surface area contributed by atoms with Crippen molar-refractivity contribution in [1.82, 2.24) is 0 Å². The zero-order valence-electron chi connectivity index (χ0n) is 10.5. The van der Waals surface area contributed by atoms with Crippen LogP contribution in [0.25, 0.3) is 21.5 Å². The van der Waals surface area contributed by atoms with E-state index in [-0.39, 0.29) is 0 Å². The second-order valence-corrected chi connectivity index (χ2v) is 4.58. The molecule has 3 rings (SSSR count). The summed E-state index contributed by atoms with van der Waals surface area (Å²) in [4.78, 5) is 0. The highest BCUT2D eigenvalue weighted by Crippen LogP contribution is 2.25. The van der Waals surface area contributed by atoms with Crippen LogP contribution in [0.5, 0.6) is 0 Å². The zero-order chi connectivity index (χ0) is 12.4. The number of benzene rings is 3. The van der Waals surface area contributed by atoms with Gasteiger partial charge < -0.3 is 4.74 Å². The molecule has 0 aliphatic carbocycles. The molecule has 18 heavy (non-hydrogen) atoms. The predicted molar refractivity (Wildman–Crippen MR) is 77.0 cm³/mol. The summed E-state index contributed by atoms with van der Waals surface area (Å²) in [5.74, 6) is 0. The number of hydrogen-bond donors (Lipinski definition) is 0. The van der Waals surface area contributed by atoms with Gasteiger partial charge in [-0.1, -0.05) is 42.5 Å². The fraction of sp³-hybridized carbons (Fsp3) is 0.176. The Balaban J connectivity index is 2.22. The Morgan fingerprint density at radius 1 is 0.833 bits per heavy atom. The van der Waals surface area contributed by atoms with Crippen LogP contribution < -0.4 is 0 Å². The monoisotopic (exact) mass is 236 g/mol. The van der Waals surface area contributed by atoms with E-state index < -0.39 is 0 Å². The van der Waals surface area contributed by atoms with E-state index in [1.807, 2.05) is 0 Å². The van der Waals surface area contributed by atoms with Crippen LogP contribution in [0.4, 0.5) is 0 Å². The molecule has 0 atom stereocenters. The molecule has 3 aromatic carbocycles. The van der Waals surface area contributed by atoms with Gasteiger partial charge in [-0.25, -0.2) is 0 Å². The van der Waals surface area contributed by atoms with E-state index in [2.05, 4.69) is 54.6 Å². The highest BCUT2D eigenvalue weighted by Gasteiger charge is 2.02. The van der Waals surface area contributed by atoms with Crippen LogP contribution in [0.3, 0.4) is 0 Å². The van der Waals surface area contributed by atoms with E-state index in [1.165, 1.54) is 27.1 Å². The number of ether oxygens (including phenoxy) is 1. The Bertz CT molecular complexity index is 685. The Hall–Kier alpha value is -1.86. The molecule has 3 aromatic rings. The van der Waals surface area contributed by atoms with Crippen molar-refractivity contribution in [3.8, 4) is 0 Å². The Morgan fingerprint density at radius 2 is 1.56 bits per heavy atom. The molecule has 1 heteroatoms. The van der Waals surface area contributed by atoms with Crippen LogP contribution in [-0.2, 0) is 11.2 Å². The topological polar surface area (TPSA) is 9.23 Å². The first-order chi connectivity index (χ1) is 8.88. The summed E-state index contributed by atoms with van der Waals surface area (Å²) >= 11 is 0. The van der Waals surface area contributed by atoms with Crippen molar-refractivity contribution >= 4 is 21.5 Å². The van der Waals surface area contributed by atoms with Crippen LogP contribution in [-0.4, -0.2) is 13.7 Å². The quantitative estimate of drug-likeness (QED) is 0.620. The van der Waals surface area contributed by atoms with E-state index >= 15 is 0 Å². The van der Waals surface area contributed by atoms with Gasteiger partial charge >= 0.3 is 0 Å². The highest BCUT2D eigenvalue weighted by atomic mass is 16.5. The Labute approximate surface area is 107 Å². The minimum atomic E-state index is 0.770. The SMILES string of the molecule is COCCc1cccc2cc3ccccc3cc12. The average molecular weight is 236 g/mol. The maximum atomic E-state index is 5.18. The van der Waals surface area contributed by atoms with Gasteiger partial charge in [0.25, 0.3) is 0 Å². The average Bonchev–Trinajstić information content (AvgIpc) is 2.43. The third-order valence-electron chi connectivity index (χ3n) is 3.41. The van der Waals surface area contributed by atoms with Crippen molar-refractivity contribution in [1.29, 1.82) is 0 Å². The number of rotatable bonds is 3. The molecule has 90 valence electrons. The van der Waals surface area contributed by atoms with Crippen molar-refractivity contribution in [3.05, 3.63) is 60.2 Å². The second-order valence-electron chi connectivity index (χ2n) is 4.58. The van der Waals surface area contributed by atoms with Crippen molar-refractivity contribution < 1.29 is 4.74 Å². The first-order valence-corrected chi connectivity index (χ1v) is 6.28. The largest absolute Gasteiger partial charge is 0.384 e. The van der Waals surface area contributed by atoms with Gasteiger partial charge in [0.2, 0.25) is 0 Å². The smallest absolute Gasteiger partial charge is 0.0502 e. The van der Waals surface area contributed by atoms with E-state index in [4.69, 9.17) is 4.74 Å². The third kappa shape index (κ3) is 1.98. The summed E-state index contributed by atoms with van der Waals surface area (Å²) in [6.45, 7) is 0.770. The van der Waals surface area contributed by atoms with Crippen molar-refractivity contribution in [2.45, 2.75) is 6.42 Å². The molecular formula is C17H16O. The van der Waals surface area contributed by atoms with Gasteiger partial charge in [-0.2, -0.15) is 0 Å². The van der Waals surface area contributed by atoms with Crippen LogP contribution in [0.15, 0.2) is 54.6 Å². The predicted octanol–water partition coefficient (Wildman–Crippen LogP) is 4.18. The lowest BCUT2D eigenvalue weighted by Crippen LogP contribution is -1.95. The van der Waals surface area contributed by atoms with E-state index in [0.29, 0.717) is 0 Å². The van der Waals surface area contributed by atoms with Gasteiger partial charge in [0, 0.05) is 7.11 Å². The molecule has 0 saturated carbocycles. The minimum absolute atomic E-state index is 0.770. The van der Waals surface area contributed by atoms with E-state index in [9.17, 15) is 0 Å². The summed E-state index contributed by atoms with van der Waals surface area (Å²) in [6, 6.07) is 19.6. The summed E-state index contributed by atoms with van der Waals surface area (Å²) in [6.07, 6.45) is 0.964. The lowest BCUT2D eigenvalue weighted by molar-refractivity contribution is 0.202. The summed E-state index contributed by atoms with van der Waals surface area (Å²) in [7, 11) is 1.75. The van der Waals surface area contributed by atoms with E-state index in [0.717, 1.165) is 13.0 Å². The van der Waals surface area contributed by atoms with Gasteiger partial charge in [0.15, 0.2) is 0 Å². The fourth-order valence-corrected chi connectivity index (χ4v) is 2.46. The van der Waals surface area contributed by atoms with Crippen molar-refractivity contribution in [2.24, 2.45) is 0 Å². The second kappa shape index (κ2) is 4.79. The van der Waals surface area contributed by atoms with Gasteiger partial charge in [-0.3, -0.25) is 0 Å². The highest BCUT2D eigenvalue weighted by molar-refractivity contribution is 5.99. The number of fused-ring (bicyclic) bond motifs is 2. The molecule has 0 radical (unpaired) electrons. The van der Waals surface area contributed by atoms with Crippen LogP contribution >= 0.6 is 0 Å². The first-order valence-electron chi connectivity index (χ1n) is 6.28. The van der Waals surface area contributed by atoms with Crippen LogP contribution in [0.1, 0.15) is 5.56 Å². The van der Waals surface area contributed by atoms with Gasteiger partial charge in [-0.15, -0.1) is 0 Å². The van der Waals surface area contributed by atoms with Crippen LogP contribution in [0.2, 0.25) is 0 Å². The standard InChI is InChI=1S/C17H16O/c1-18-10-9-13-7-4-8-16-11-14-5-2-3-6-15(14)12-17(13)16/h2-8,11-12H,9-10H2,1H3. The maximum absolute atomic E-state index is 5.18. The summed E-state index contributed by atoms with van der Waals surface area (Å²) < 4.78 is 5.18. The van der Waals surface area contributed by atoms with Crippen molar-refractivity contribution in [3.63, 3.8) is 0 Å². The normalized spacial score (nSPS) is 11.2. The minimum Gasteiger partial charge on any atom is -0.384 e. The van der Waals surface area contributed by atoms with E-state index in [1.54, 1.807) is 7.11 Å². The lowest BCUT2D eigenvalue weighted by atomic mass is 9.98. The Morgan fingerprint density at radius 3 is 2.33 bits per heavy atom. The molecule has 0 spiro atoms. The summed E-state index contributed by atoms with van der Waals surface area (Å²) in [5, 5.41) is 5.25. The molecule has 1 nitrogen and oxygen atoms in total. The molecular weight excluding hydrogens is 220 g/mol.